The van der Waals surface area contributed by atoms with Gasteiger partial charge in [0.15, 0.2) is 0 Å². The molecule has 3 heteroatoms. The van der Waals surface area contributed by atoms with Crippen LogP contribution < -0.4 is 9.47 Å². The smallest absolute Gasteiger partial charge is 0.122 e. The Morgan fingerprint density at radius 3 is 2.19 bits per heavy atom. The van der Waals surface area contributed by atoms with Crippen LogP contribution in [0.1, 0.15) is 71.8 Å². The fourth-order valence-corrected chi connectivity index (χ4v) is 6.59. The number of hydrogen-bond donors (Lipinski definition) is 1. The van der Waals surface area contributed by atoms with Gasteiger partial charge in [-0.25, -0.2) is 0 Å². The molecular formula is C24H38O3. The number of fused-ring (bicyclic) bond motifs is 1. The van der Waals surface area contributed by atoms with E-state index in [0.717, 1.165) is 37.2 Å². The minimum Gasteiger partial charge on any atom is -0.497 e. The predicted octanol–water partition coefficient (Wildman–Crippen LogP) is 5.63. The SMILES string of the molecule is COc1cc(CC[C@@H]2[C@@]3(C)CCCC(C)(C)[C@@H]3CC[C@@]2(C)O)cc(OC)c1. The molecule has 0 amide bonds. The van der Waals surface area contributed by atoms with Crippen molar-refractivity contribution in [3.05, 3.63) is 23.8 Å². The van der Waals surface area contributed by atoms with E-state index in [1.165, 1.54) is 24.8 Å². The quantitative estimate of drug-likeness (QED) is 0.726. The highest BCUT2D eigenvalue weighted by Gasteiger charge is 2.57. The Kier molecular flexibility index (Phi) is 5.55. The maximum Gasteiger partial charge on any atom is 0.122 e. The first-order valence-electron chi connectivity index (χ1n) is 10.6. The molecule has 0 radical (unpaired) electrons. The molecule has 2 aliphatic carbocycles. The highest BCUT2D eigenvalue weighted by molar-refractivity contribution is 5.38. The molecule has 1 aromatic carbocycles. The summed E-state index contributed by atoms with van der Waals surface area (Å²) in [7, 11) is 3.39. The van der Waals surface area contributed by atoms with Gasteiger partial charge in [0.1, 0.15) is 11.5 Å². The number of ether oxygens (including phenoxy) is 2. The Balaban J connectivity index is 1.85. The van der Waals surface area contributed by atoms with E-state index in [-0.39, 0.29) is 5.41 Å². The van der Waals surface area contributed by atoms with Crippen molar-refractivity contribution in [2.75, 3.05) is 14.2 Å². The Morgan fingerprint density at radius 1 is 0.963 bits per heavy atom. The zero-order valence-corrected chi connectivity index (χ0v) is 18.1. The van der Waals surface area contributed by atoms with Crippen LogP contribution in [0.25, 0.3) is 0 Å². The Hall–Kier alpha value is -1.22. The van der Waals surface area contributed by atoms with E-state index < -0.39 is 5.60 Å². The van der Waals surface area contributed by atoms with Crippen molar-refractivity contribution < 1.29 is 14.6 Å². The third-order valence-electron chi connectivity index (χ3n) is 7.89. The molecule has 3 nitrogen and oxygen atoms in total. The third kappa shape index (κ3) is 3.85. The van der Waals surface area contributed by atoms with E-state index in [9.17, 15) is 5.11 Å². The number of hydrogen-bond acceptors (Lipinski definition) is 3. The average Bonchev–Trinajstić information content (AvgIpc) is 2.59. The van der Waals surface area contributed by atoms with Crippen molar-refractivity contribution in [1.29, 1.82) is 0 Å². The van der Waals surface area contributed by atoms with Crippen molar-refractivity contribution in [2.24, 2.45) is 22.7 Å². The molecule has 0 aliphatic heterocycles. The molecule has 0 heterocycles. The zero-order chi connectivity index (χ0) is 19.9. The number of aryl methyl sites for hydroxylation is 1. The number of methoxy groups -OCH3 is 2. The maximum absolute atomic E-state index is 11.3. The molecule has 2 aliphatic rings. The van der Waals surface area contributed by atoms with Crippen LogP contribution in [0.15, 0.2) is 18.2 Å². The van der Waals surface area contributed by atoms with Crippen molar-refractivity contribution >= 4 is 0 Å². The van der Waals surface area contributed by atoms with Gasteiger partial charge in [-0.15, -0.1) is 0 Å². The molecule has 152 valence electrons. The van der Waals surface area contributed by atoms with Crippen molar-refractivity contribution in [1.82, 2.24) is 0 Å². The van der Waals surface area contributed by atoms with E-state index in [2.05, 4.69) is 39.8 Å². The molecule has 0 saturated heterocycles. The van der Waals surface area contributed by atoms with Crippen LogP contribution in [0.4, 0.5) is 0 Å². The molecule has 1 aromatic rings. The first-order chi connectivity index (χ1) is 12.6. The average molecular weight is 375 g/mol. The molecule has 27 heavy (non-hydrogen) atoms. The summed E-state index contributed by atoms with van der Waals surface area (Å²) in [5, 5.41) is 11.3. The first kappa shape index (κ1) is 20.5. The largest absolute Gasteiger partial charge is 0.497 e. The molecule has 1 N–H and O–H groups in total. The lowest BCUT2D eigenvalue weighted by Gasteiger charge is -2.61. The molecular weight excluding hydrogens is 336 g/mol. The summed E-state index contributed by atoms with van der Waals surface area (Å²) in [6.45, 7) is 9.42. The Morgan fingerprint density at radius 2 is 1.59 bits per heavy atom. The van der Waals surface area contributed by atoms with E-state index in [1.54, 1.807) is 14.2 Å². The van der Waals surface area contributed by atoms with Crippen LogP contribution in [0.3, 0.4) is 0 Å². The van der Waals surface area contributed by atoms with Crippen LogP contribution in [-0.4, -0.2) is 24.9 Å². The summed E-state index contributed by atoms with van der Waals surface area (Å²) in [5.41, 5.74) is 1.23. The van der Waals surface area contributed by atoms with Crippen LogP contribution in [0.5, 0.6) is 11.5 Å². The van der Waals surface area contributed by atoms with E-state index >= 15 is 0 Å². The van der Waals surface area contributed by atoms with Gasteiger partial charge in [-0.1, -0.05) is 27.2 Å². The Bertz CT molecular complexity index is 641. The number of rotatable bonds is 5. The summed E-state index contributed by atoms with van der Waals surface area (Å²) in [5.74, 6) is 2.69. The number of benzene rings is 1. The van der Waals surface area contributed by atoms with Gasteiger partial charge in [-0.3, -0.25) is 0 Å². The lowest BCUT2D eigenvalue weighted by Crippen LogP contribution is -2.57. The standard InChI is InChI=1S/C24H38O3/c1-22(2)11-7-12-23(3)20(22)10-13-24(4,25)21(23)9-8-17-14-18(26-5)16-19(15-17)27-6/h14-16,20-21,25H,7-13H2,1-6H3/t20-,21+,23-,24+/m0/s1. The second kappa shape index (κ2) is 7.31. The number of aliphatic hydroxyl groups is 1. The van der Waals surface area contributed by atoms with Crippen LogP contribution in [0, 0.1) is 22.7 Å². The molecule has 0 unspecified atom stereocenters. The summed E-state index contributed by atoms with van der Waals surface area (Å²) in [4.78, 5) is 0. The lowest BCUT2D eigenvalue weighted by atomic mass is 9.45. The molecule has 0 spiro atoms. The monoisotopic (exact) mass is 374 g/mol. The topological polar surface area (TPSA) is 38.7 Å². The van der Waals surface area contributed by atoms with Crippen molar-refractivity contribution in [3.63, 3.8) is 0 Å². The van der Waals surface area contributed by atoms with Crippen LogP contribution >= 0.6 is 0 Å². The van der Waals surface area contributed by atoms with Gasteiger partial charge in [-0.05, 0) is 85.8 Å². The highest BCUT2D eigenvalue weighted by atomic mass is 16.5. The molecule has 0 bridgehead atoms. The summed E-state index contributed by atoms with van der Waals surface area (Å²) in [6.07, 6.45) is 7.85. The minimum absolute atomic E-state index is 0.215. The molecule has 0 aromatic heterocycles. The zero-order valence-electron chi connectivity index (χ0n) is 18.1. The predicted molar refractivity (Wildman–Crippen MR) is 110 cm³/mol. The van der Waals surface area contributed by atoms with E-state index in [0.29, 0.717) is 17.3 Å². The van der Waals surface area contributed by atoms with Gasteiger partial charge in [0, 0.05) is 6.07 Å². The summed E-state index contributed by atoms with van der Waals surface area (Å²) in [6, 6.07) is 6.12. The fourth-order valence-electron chi connectivity index (χ4n) is 6.59. The fraction of sp³-hybridized carbons (Fsp3) is 0.750. The van der Waals surface area contributed by atoms with E-state index in [4.69, 9.17) is 9.47 Å². The van der Waals surface area contributed by atoms with Crippen molar-refractivity contribution in [2.45, 2.75) is 78.2 Å². The van der Waals surface area contributed by atoms with Gasteiger partial charge >= 0.3 is 0 Å². The van der Waals surface area contributed by atoms with Crippen LogP contribution in [-0.2, 0) is 6.42 Å². The molecule has 2 saturated carbocycles. The van der Waals surface area contributed by atoms with Gasteiger partial charge in [-0.2, -0.15) is 0 Å². The van der Waals surface area contributed by atoms with Crippen LogP contribution in [0.2, 0.25) is 0 Å². The molecule has 4 atom stereocenters. The van der Waals surface area contributed by atoms with Gasteiger partial charge in [0.25, 0.3) is 0 Å². The van der Waals surface area contributed by atoms with Gasteiger partial charge < -0.3 is 14.6 Å². The second-order valence-corrected chi connectivity index (χ2v) is 10.1. The normalized spacial score (nSPS) is 35.4. The highest BCUT2D eigenvalue weighted by Crippen LogP contribution is 2.62. The third-order valence-corrected chi connectivity index (χ3v) is 7.89. The van der Waals surface area contributed by atoms with Gasteiger partial charge in [0.05, 0.1) is 19.8 Å². The van der Waals surface area contributed by atoms with Gasteiger partial charge in [0.2, 0.25) is 0 Å². The lowest BCUT2D eigenvalue weighted by molar-refractivity contribution is -0.168. The second-order valence-electron chi connectivity index (χ2n) is 10.1. The molecule has 3 rings (SSSR count). The summed E-state index contributed by atoms with van der Waals surface area (Å²) < 4.78 is 10.9. The summed E-state index contributed by atoms with van der Waals surface area (Å²) >= 11 is 0. The van der Waals surface area contributed by atoms with Crippen molar-refractivity contribution in [3.8, 4) is 11.5 Å². The first-order valence-corrected chi connectivity index (χ1v) is 10.6. The maximum atomic E-state index is 11.3. The van der Waals surface area contributed by atoms with E-state index in [1.807, 2.05) is 6.07 Å². The minimum atomic E-state index is -0.582. The molecule has 2 fully saturated rings. The Labute approximate surface area is 165 Å².